The number of aliphatic hydroxyl groups is 1. The second-order valence-corrected chi connectivity index (χ2v) is 28.4. The first-order chi connectivity index (χ1) is 52.3. The second kappa shape index (κ2) is 39.4. The van der Waals surface area contributed by atoms with Crippen LogP contribution in [-0.4, -0.2) is 144 Å². The van der Waals surface area contributed by atoms with Gasteiger partial charge in [-0.2, -0.15) is 0 Å². The number of benzene rings is 3. The average molecular weight is 1590 g/mol. The number of rotatable bonds is 26. The van der Waals surface area contributed by atoms with Crippen molar-refractivity contribution in [3.8, 4) is 33.4 Å². The lowest BCUT2D eigenvalue weighted by atomic mass is 9.98. The molecule has 0 aliphatic rings. The van der Waals surface area contributed by atoms with E-state index in [2.05, 4.69) is 70.3 Å². The summed E-state index contributed by atoms with van der Waals surface area (Å²) in [6.45, 7) is 12.3. The number of fused-ring (bicyclic) bond motifs is 3. The molecule has 9 aromatic heterocycles. The number of hydrogen-bond acceptors (Lipinski definition) is 18. The molecule has 3 amide bonds. The fourth-order valence-electron chi connectivity index (χ4n) is 10.7. The maximum atomic E-state index is 15.3. The number of sulfonamides is 2. The molecular weight excluding hydrogens is 1510 g/mol. The van der Waals surface area contributed by atoms with Crippen LogP contribution >= 0.6 is 11.9 Å². The third-order valence-electron chi connectivity index (χ3n) is 16.0. The van der Waals surface area contributed by atoms with Gasteiger partial charge in [0, 0.05) is 142 Å². The van der Waals surface area contributed by atoms with Gasteiger partial charge in [0.2, 0.25) is 25.8 Å². The lowest BCUT2D eigenvalue weighted by Gasteiger charge is -2.16. The number of aliphatic hydroxyl groups excluding tert-OH is 1. The summed E-state index contributed by atoms with van der Waals surface area (Å²) in [5, 5.41) is 20.9. The summed E-state index contributed by atoms with van der Waals surface area (Å²) < 4.78 is 140. The predicted octanol–water partition coefficient (Wildman–Crippen LogP) is 11.9. The Morgan fingerprint density at radius 3 is 1.43 bits per heavy atom. The van der Waals surface area contributed by atoms with Crippen molar-refractivity contribution < 1.29 is 83.2 Å². The number of halogens is 6. The van der Waals surface area contributed by atoms with E-state index in [4.69, 9.17) is 0 Å². The minimum absolute atomic E-state index is 0. The molecule has 0 saturated carbocycles. The molecule has 9 heterocycles. The molecule has 14 N–H and O–H groups in total. The van der Waals surface area contributed by atoms with Gasteiger partial charge in [-0.3, -0.25) is 48.4 Å². The number of carbonyl (C=O) groups excluding carboxylic acids is 5. The Morgan fingerprint density at radius 1 is 0.495 bits per heavy atom. The Morgan fingerprint density at radius 2 is 0.946 bits per heavy atom. The van der Waals surface area contributed by atoms with Gasteiger partial charge in [-0.05, 0) is 119 Å². The third kappa shape index (κ3) is 21.3. The monoisotopic (exact) mass is 1590 g/mol. The third-order valence-corrected chi connectivity index (χ3v) is 19.9. The maximum absolute atomic E-state index is 15.3. The largest absolute Gasteiger partial charge is 0.412 e. The number of nitrogens with zero attached hydrogens (tertiary/aromatic N) is 6. The number of H-pyrrole nitrogens is 3. The first-order valence-corrected chi connectivity index (χ1v) is 38.2. The summed E-state index contributed by atoms with van der Waals surface area (Å²) in [5.74, 6) is -7.59. The molecular formula is C75H77F6N15O12S3. The summed E-state index contributed by atoms with van der Waals surface area (Å²) in [5.41, 5.74) is 4.30. The lowest BCUT2D eigenvalue weighted by molar-refractivity contribution is 0.0942. The molecule has 0 spiro atoms. The van der Waals surface area contributed by atoms with E-state index >= 15 is 8.78 Å². The molecule has 0 aliphatic heterocycles. The van der Waals surface area contributed by atoms with Crippen LogP contribution < -0.4 is 30.1 Å². The molecule has 111 heavy (non-hydrogen) atoms. The van der Waals surface area contributed by atoms with Gasteiger partial charge < -0.3 is 51.7 Å². The van der Waals surface area contributed by atoms with Crippen LogP contribution in [-0.2, 0) is 20.0 Å². The molecule has 1 atom stereocenters. The highest BCUT2D eigenvalue weighted by atomic mass is 32.2. The van der Waals surface area contributed by atoms with Gasteiger partial charge in [-0.15, -0.1) is 0 Å². The maximum Gasteiger partial charge on any atom is 0.269 e. The molecule has 36 heteroatoms. The van der Waals surface area contributed by atoms with E-state index in [-0.39, 0.29) is 74.7 Å². The number of aldehydes is 1. The fourth-order valence-corrected chi connectivity index (χ4v) is 13.6. The summed E-state index contributed by atoms with van der Waals surface area (Å²) >= 11 is 1.28. The van der Waals surface area contributed by atoms with Crippen LogP contribution in [0.3, 0.4) is 0 Å². The van der Waals surface area contributed by atoms with Crippen LogP contribution in [0, 0.1) is 34.9 Å². The normalized spacial score (nSPS) is 11.3. The zero-order valence-corrected chi connectivity index (χ0v) is 62.7. The molecule has 27 nitrogen and oxygen atoms in total. The standard InChI is InChI=1S/C25H25F2N5O4S.C25H23F2N5O2S.C15H14N4O.C10H11F2NO3S.2H2O/c1-3-9-37(35,36)32-19-8-6-18(26)21(22(19)27)23(33)17-13-31-24-16(17)10-15(12-30-24)14-5-7-20(29-11-14)25(34)28-4-2;1-3-9-35-32-19-8-6-18(26)21(22(19)27)23(33)17-13-31-24-16(17)10-15(12-30-24)14-5-7-20(29-11-14)25(34)28-4-2;1-2-16-15(20)13-4-3-11(8-18-13)12-7-10-5-6-17-14(10)19-9-12;1-2-5-17(15,16)13-9-4-3-8(11)7(6-14)10(9)12;;/h5-8,10-13,23,32-33H,3-4,9H2,1-2H3,(H,28,34)(H,30,31);5-8,10-13,32H,3-4,9H2,1-2H3,(H,28,34)(H,30,31);3-9H,2H2,1H3,(H,16,20)(H,17,19);3-4,6,13H,2,5H2,1H3;2*1H2. The highest BCUT2D eigenvalue weighted by Crippen LogP contribution is 2.37. The average Bonchev–Trinajstić information content (AvgIpc) is 1.69. The van der Waals surface area contributed by atoms with E-state index in [1.807, 2.05) is 49.9 Å². The Bertz CT molecular complexity index is 5530. The van der Waals surface area contributed by atoms with Crippen LogP contribution in [0.4, 0.5) is 43.4 Å². The van der Waals surface area contributed by atoms with Gasteiger partial charge in [-0.1, -0.05) is 50.9 Å². The zero-order chi connectivity index (χ0) is 78.7. The number of pyridine rings is 6. The van der Waals surface area contributed by atoms with E-state index in [0.29, 0.717) is 82.5 Å². The SMILES string of the molecule is CCCS(=O)(=O)Nc1ccc(F)c(C(O)c2c[nH]c3ncc(-c4ccc(C(=O)NCC)nc4)cc23)c1F.CCCS(=O)(=O)Nc1ccc(F)c(C=O)c1F.CCCSNc1ccc(F)c(C(=O)c2c[nH]c3ncc(-c4ccc(C(=O)NCC)nc4)cc23)c1F.CCNC(=O)c1ccc(-c2cnc3[nH]ccc3c2)cn1.O.O. The van der Waals surface area contributed by atoms with Crippen LogP contribution in [0.5, 0.6) is 0 Å². The number of hydrogen-bond donors (Lipinski definition) is 10. The van der Waals surface area contributed by atoms with E-state index in [9.17, 15) is 63.5 Å². The van der Waals surface area contributed by atoms with E-state index in [1.165, 1.54) is 42.8 Å². The predicted molar refractivity (Wildman–Crippen MR) is 413 cm³/mol. The van der Waals surface area contributed by atoms with Crippen molar-refractivity contribution in [2.24, 2.45) is 0 Å². The number of aromatic amines is 3. The van der Waals surface area contributed by atoms with Crippen LogP contribution in [0.2, 0.25) is 0 Å². The van der Waals surface area contributed by atoms with Gasteiger partial charge in [0.25, 0.3) is 17.7 Å². The Kier molecular flexibility index (Phi) is 30.6. The number of carbonyl (C=O) groups is 5. The first kappa shape index (κ1) is 86.3. The van der Waals surface area contributed by atoms with E-state index in [0.717, 1.165) is 64.7 Å². The van der Waals surface area contributed by atoms with Crippen molar-refractivity contribution in [3.05, 3.63) is 233 Å². The summed E-state index contributed by atoms with van der Waals surface area (Å²) in [4.78, 5) is 93.6. The van der Waals surface area contributed by atoms with Gasteiger partial charge in [0.15, 0.2) is 23.7 Å². The molecule has 1 unspecified atom stereocenters. The zero-order valence-electron chi connectivity index (χ0n) is 60.2. The van der Waals surface area contributed by atoms with E-state index in [1.54, 1.807) is 88.0 Å². The van der Waals surface area contributed by atoms with Gasteiger partial charge in [0.1, 0.15) is 57.6 Å². The Balaban J connectivity index is 0.000000214. The van der Waals surface area contributed by atoms with Crippen molar-refractivity contribution in [2.75, 3.05) is 51.1 Å². The number of nitrogens with one attached hydrogen (secondary N) is 9. The van der Waals surface area contributed by atoms with Crippen LogP contribution in [0.15, 0.2) is 153 Å². The van der Waals surface area contributed by atoms with Crippen LogP contribution in [0.25, 0.3) is 66.5 Å². The van der Waals surface area contributed by atoms with Crippen molar-refractivity contribution in [2.45, 2.75) is 66.9 Å². The van der Waals surface area contributed by atoms with Gasteiger partial charge in [-0.25, -0.2) is 58.1 Å². The molecule has 12 rings (SSSR count). The van der Waals surface area contributed by atoms with Crippen molar-refractivity contribution in [3.63, 3.8) is 0 Å². The van der Waals surface area contributed by atoms with Gasteiger partial charge >= 0.3 is 0 Å². The lowest BCUT2D eigenvalue weighted by Crippen LogP contribution is -2.23. The highest BCUT2D eigenvalue weighted by Gasteiger charge is 2.29. The molecule has 3 aromatic carbocycles. The molecule has 0 fully saturated rings. The van der Waals surface area contributed by atoms with Crippen molar-refractivity contribution >= 4 is 112 Å². The van der Waals surface area contributed by atoms with Crippen LogP contribution in [0.1, 0.15) is 136 Å². The van der Waals surface area contributed by atoms with Crippen molar-refractivity contribution in [1.82, 2.24) is 60.8 Å². The molecule has 0 bridgehead atoms. The highest BCUT2D eigenvalue weighted by molar-refractivity contribution is 8.00. The minimum atomic E-state index is -3.84. The minimum Gasteiger partial charge on any atom is -0.412 e. The molecule has 584 valence electrons. The number of ketones is 1. The Labute approximate surface area is 636 Å². The quantitative estimate of drug-likeness (QED) is 0.00791. The molecule has 0 saturated heterocycles. The fraction of sp³-hybridized carbons (Fsp3) is 0.213. The summed E-state index contributed by atoms with van der Waals surface area (Å²) in [6, 6.07) is 23.5. The Hall–Kier alpha value is -12.0. The number of aromatic nitrogens is 9. The van der Waals surface area contributed by atoms with Crippen molar-refractivity contribution in [1.29, 1.82) is 0 Å². The summed E-state index contributed by atoms with van der Waals surface area (Å²) in [7, 11) is -7.51. The van der Waals surface area contributed by atoms with Gasteiger partial charge in [0.05, 0.1) is 45.3 Å². The second-order valence-electron chi connectivity index (χ2n) is 23.8. The van der Waals surface area contributed by atoms with E-state index < -0.39 is 94.9 Å². The molecule has 12 aromatic rings. The topological polar surface area (TPSA) is 434 Å². The smallest absolute Gasteiger partial charge is 0.269 e. The summed E-state index contributed by atoms with van der Waals surface area (Å²) in [6.07, 6.45) is 14.1. The molecule has 0 radical (unpaired) electrons. The number of anilines is 3. The number of amides is 3. The first-order valence-electron chi connectivity index (χ1n) is 33.9. The molecule has 0 aliphatic carbocycles.